The Balaban J connectivity index is 1.36. The van der Waals surface area contributed by atoms with Crippen molar-refractivity contribution in [3.05, 3.63) is 69.6 Å². The second-order valence-corrected chi connectivity index (χ2v) is 9.11. The Kier molecular flexibility index (Phi) is 9.50. The second kappa shape index (κ2) is 12.3. The molecule has 3 nitrogen and oxygen atoms in total. The highest BCUT2D eigenvalue weighted by Crippen LogP contribution is 2.33. The third-order valence-electron chi connectivity index (χ3n) is 5.20. The van der Waals surface area contributed by atoms with Crippen LogP contribution in [0, 0.1) is 0 Å². The minimum Gasteiger partial charge on any atom is -0.493 e. The van der Waals surface area contributed by atoms with E-state index in [-0.39, 0.29) is 6.61 Å². The van der Waals surface area contributed by atoms with Crippen LogP contribution >= 0.6 is 31.9 Å². The maximum Gasteiger partial charge on any atom is 0.127 e. The predicted molar refractivity (Wildman–Crippen MR) is 134 cm³/mol. The number of hydrogen-bond acceptors (Lipinski definition) is 3. The van der Waals surface area contributed by atoms with Crippen LogP contribution in [0.1, 0.15) is 32.1 Å². The maximum absolute atomic E-state index is 9.33. The molecular weight excluding hydrogens is 506 g/mol. The summed E-state index contributed by atoms with van der Waals surface area (Å²) in [6.45, 7) is 2.61. The average molecular weight is 535 g/mol. The molecule has 0 aromatic heterocycles. The molecule has 5 heteroatoms. The van der Waals surface area contributed by atoms with Gasteiger partial charge in [0.25, 0.3) is 0 Å². The lowest BCUT2D eigenvalue weighted by Gasteiger charge is -2.23. The minimum atomic E-state index is 0.188. The molecule has 0 spiro atoms. The molecule has 0 saturated carbocycles. The molecule has 3 rings (SSSR count). The Morgan fingerprint density at radius 1 is 0.767 bits per heavy atom. The SMILES string of the molecule is OCCN(CCCCCCCOc1cccc2cc(Br)c(Br)cc12)c1ccccc1. The molecule has 3 aromatic rings. The number of para-hydroxylation sites is 1. The second-order valence-electron chi connectivity index (χ2n) is 7.41. The zero-order valence-corrected chi connectivity index (χ0v) is 20.4. The molecule has 0 saturated heterocycles. The lowest BCUT2D eigenvalue weighted by Crippen LogP contribution is -2.27. The molecule has 0 fully saturated rings. The first-order valence-corrected chi connectivity index (χ1v) is 12.2. The quantitative estimate of drug-likeness (QED) is 0.249. The number of rotatable bonds is 12. The maximum atomic E-state index is 9.33. The van der Waals surface area contributed by atoms with Crippen LogP contribution in [0.25, 0.3) is 10.8 Å². The van der Waals surface area contributed by atoms with Gasteiger partial charge in [0.15, 0.2) is 0 Å². The minimum absolute atomic E-state index is 0.188. The summed E-state index contributed by atoms with van der Waals surface area (Å²) in [7, 11) is 0. The highest BCUT2D eigenvalue weighted by Gasteiger charge is 2.07. The van der Waals surface area contributed by atoms with Gasteiger partial charge in [-0.2, -0.15) is 0 Å². The van der Waals surface area contributed by atoms with Crippen LogP contribution in [0.3, 0.4) is 0 Å². The van der Waals surface area contributed by atoms with Gasteiger partial charge in [-0.15, -0.1) is 0 Å². The van der Waals surface area contributed by atoms with Crippen molar-refractivity contribution in [1.29, 1.82) is 0 Å². The van der Waals surface area contributed by atoms with Crippen LogP contribution in [0.2, 0.25) is 0 Å². The first-order valence-electron chi connectivity index (χ1n) is 10.6. The Hall–Kier alpha value is -1.56. The first kappa shape index (κ1) is 23.1. The van der Waals surface area contributed by atoms with Gasteiger partial charge >= 0.3 is 0 Å². The van der Waals surface area contributed by atoms with Gasteiger partial charge in [-0.3, -0.25) is 0 Å². The Morgan fingerprint density at radius 2 is 1.50 bits per heavy atom. The number of anilines is 1. The van der Waals surface area contributed by atoms with E-state index >= 15 is 0 Å². The van der Waals surface area contributed by atoms with E-state index in [4.69, 9.17) is 4.74 Å². The van der Waals surface area contributed by atoms with Gasteiger partial charge < -0.3 is 14.7 Å². The number of halogens is 2. The molecule has 0 unspecified atom stereocenters. The van der Waals surface area contributed by atoms with Gasteiger partial charge in [0.05, 0.1) is 13.2 Å². The Labute approximate surface area is 196 Å². The Bertz CT molecular complexity index is 918. The summed E-state index contributed by atoms with van der Waals surface area (Å²) >= 11 is 7.14. The fraction of sp³-hybridized carbons (Fsp3) is 0.360. The van der Waals surface area contributed by atoms with Crippen molar-refractivity contribution in [1.82, 2.24) is 0 Å². The van der Waals surface area contributed by atoms with Crippen molar-refractivity contribution in [2.75, 3.05) is 31.2 Å². The van der Waals surface area contributed by atoms with Gasteiger partial charge in [0.1, 0.15) is 5.75 Å². The van der Waals surface area contributed by atoms with Crippen LogP contribution in [-0.4, -0.2) is 31.4 Å². The van der Waals surface area contributed by atoms with Crippen LogP contribution < -0.4 is 9.64 Å². The summed E-state index contributed by atoms with van der Waals surface area (Å²) in [4.78, 5) is 2.26. The zero-order chi connectivity index (χ0) is 21.2. The van der Waals surface area contributed by atoms with Crippen molar-refractivity contribution in [3.8, 4) is 5.75 Å². The number of hydrogen-bond donors (Lipinski definition) is 1. The summed E-state index contributed by atoms with van der Waals surface area (Å²) in [5.41, 5.74) is 1.19. The number of aliphatic hydroxyl groups is 1. The lowest BCUT2D eigenvalue weighted by molar-refractivity contribution is 0.300. The molecule has 0 aliphatic heterocycles. The standard InChI is InChI=1S/C25H29Br2NO2/c26-23-18-20-10-9-13-25(22(20)19-24(23)27)30-17-8-3-1-2-7-14-28(15-16-29)21-11-5-4-6-12-21/h4-6,9-13,18-19,29H,1-3,7-8,14-17H2. The first-order chi connectivity index (χ1) is 14.7. The van der Waals surface area contributed by atoms with E-state index in [0.717, 1.165) is 46.1 Å². The van der Waals surface area contributed by atoms with Crippen LogP contribution in [0.15, 0.2) is 69.6 Å². The summed E-state index contributed by atoms with van der Waals surface area (Å²) in [6.07, 6.45) is 5.78. The fourth-order valence-corrected chi connectivity index (χ4v) is 4.32. The molecule has 0 amide bonds. The number of unbranched alkanes of at least 4 members (excludes halogenated alkanes) is 4. The average Bonchev–Trinajstić information content (AvgIpc) is 2.76. The van der Waals surface area contributed by atoms with Gasteiger partial charge in [-0.05, 0) is 80.4 Å². The molecule has 0 bridgehead atoms. The van der Waals surface area contributed by atoms with Crippen molar-refractivity contribution >= 4 is 48.3 Å². The fourth-order valence-electron chi connectivity index (χ4n) is 3.62. The molecule has 160 valence electrons. The molecule has 3 aromatic carbocycles. The number of nitrogens with zero attached hydrogens (tertiary/aromatic N) is 1. The molecule has 0 aliphatic carbocycles. The lowest BCUT2D eigenvalue weighted by atomic mass is 10.1. The van der Waals surface area contributed by atoms with Crippen LogP contribution in [0.5, 0.6) is 5.75 Å². The molecule has 30 heavy (non-hydrogen) atoms. The highest BCUT2D eigenvalue weighted by atomic mass is 79.9. The van der Waals surface area contributed by atoms with E-state index < -0.39 is 0 Å². The van der Waals surface area contributed by atoms with Crippen molar-refractivity contribution in [2.24, 2.45) is 0 Å². The summed E-state index contributed by atoms with van der Waals surface area (Å²) in [6, 6.07) is 20.8. The Morgan fingerprint density at radius 3 is 2.30 bits per heavy atom. The summed E-state index contributed by atoms with van der Waals surface area (Å²) in [5, 5.41) is 11.6. The van der Waals surface area contributed by atoms with Gasteiger partial charge in [-0.1, -0.05) is 49.6 Å². The zero-order valence-electron chi connectivity index (χ0n) is 17.2. The predicted octanol–water partition coefficient (Wildman–Crippen LogP) is 7.19. The molecular formula is C25H29Br2NO2. The van der Waals surface area contributed by atoms with E-state index in [9.17, 15) is 5.11 Å². The third-order valence-corrected chi connectivity index (χ3v) is 7.05. The number of ether oxygens (including phenoxy) is 1. The number of fused-ring (bicyclic) bond motifs is 1. The number of aliphatic hydroxyl groups excluding tert-OH is 1. The number of benzene rings is 3. The monoisotopic (exact) mass is 533 g/mol. The van der Waals surface area contributed by atoms with Gasteiger partial charge in [0.2, 0.25) is 0 Å². The van der Waals surface area contributed by atoms with Gasteiger partial charge in [0, 0.05) is 33.1 Å². The van der Waals surface area contributed by atoms with Gasteiger partial charge in [-0.25, -0.2) is 0 Å². The van der Waals surface area contributed by atoms with E-state index in [1.807, 2.05) is 30.3 Å². The summed E-state index contributed by atoms with van der Waals surface area (Å²) < 4.78 is 8.17. The van der Waals surface area contributed by atoms with E-state index in [0.29, 0.717) is 6.54 Å². The van der Waals surface area contributed by atoms with Crippen molar-refractivity contribution in [3.63, 3.8) is 0 Å². The van der Waals surface area contributed by atoms with Crippen LogP contribution in [-0.2, 0) is 0 Å². The van der Waals surface area contributed by atoms with Crippen molar-refractivity contribution in [2.45, 2.75) is 32.1 Å². The molecule has 0 radical (unpaired) electrons. The van der Waals surface area contributed by atoms with E-state index in [1.54, 1.807) is 0 Å². The molecule has 0 heterocycles. The normalized spacial score (nSPS) is 11.0. The van der Waals surface area contributed by atoms with E-state index in [1.165, 1.54) is 30.3 Å². The summed E-state index contributed by atoms with van der Waals surface area (Å²) in [5.74, 6) is 0.947. The van der Waals surface area contributed by atoms with Crippen molar-refractivity contribution < 1.29 is 9.84 Å². The molecule has 1 N–H and O–H groups in total. The molecule has 0 aliphatic rings. The largest absolute Gasteiger partial charge is 0.493 e. The third kappa shape index (κ3) is 6.73. The molecule has 0 atom stereocenters. The topological polar surface area (TPSA) is 32.7 Å². The highest BCUT2D eigenvalue weighted by molar-refractivity contribution is 9.13. The van der Waals surface area contributed by atoms with Crippen LogP contribution in [0.4, 0.5) is 5.69 Å². The van der Waals surface area contributed by atoms with E-state index in [2.05, 4.69) is 67.1 Å². The smallest absolute Gasteiger partial charge is 0.127 e.